The maximum atomic E-state index is 12.3. The lowest BCUT2D eigenvalue weighted by Crippen LogP contribution is -2.49. The van der Waals surface area contributed by atoms with Crippen LogP contribution in [0.2, 0.25) is 0 Å². The molecule has 0 aliphatic carbocycles. The van der Waals surface area contributed by atoms with Crippen LogP contribution in [0, 0.1) is 0 Å². The minimum absolute atomic E-state index is 0.0857. The van der Waals surface area contributed by atoms with Crippen molar-refractivity contribution in [1.29, 1.82) is 0 Å². The molecule has 1 heterocycles. The van der Waals surface area contributed by atoms with Gasteiger partial charge in [-0.2, -0.15) is 4.31 Å². The molecule has 1 amide bonds. The van der Waals surface area contributed by atoms with Gasteiger partial charge in [0.1, 0.15) is 0 Å². The average molecular weight is 318 g/mol. The largest absolute Gasteiger partial charge is 0.373 e. The average Bonchev–Trinajstić information content (AvgIpc) is 2.37. The third-order valence-corrected chi connectivity index (χ3v) is 5.10. The van der Waals surface area contributed by atoms with E-state index < -0.39 is 10.0 Å². The molecule has 0 radical (unpaired) electrons. The highest BCUT2D eigenvalue weighted by atomic mass is 32.2. The van der Waals surface area contributed by atoms with Crippen molar-refractivity contribution in [3.05, 3.63) is 11.6 Å². The molecular weight excluding hydrogens is 292 g/mol. The summed E-state index contributed by atoms with van der Waals surface area (Å²) in [6.07, 6.45) is 2.39. The maximum Gasteiger partial charge on any atom is 0.246 e. The van der Waals surface area contributed by atoms with Gasteiger partial charge in [0, 0.05) is 25.2 Å². The molecule has 0 aromatic heterocycles. The third-order valence-electron chi connectivity index (χ3n) is 3.29. The van der Waals surface area contributed by atoms with Gasteiger partial charge in [-0.1, -0.05) is 13.0 Å². The molecule has 1 fully saturated rings. The molecule has 1 aliphatic rings. The van der Waals surface area contributed by atoms with Crippen LogP contribution in [0.3, 0.4) is 0 Å². The Balaban J connectivity index is 2.50. The predicted octanol–water partition coefficient (Wildman–Crippen LogP) is 0.898. The Kier molecular flexibility index (Phi) is 6.83. The van der Waals surface area contributed by atoms with E-state index >= 15 is 0 Å². The number of sulfonamides is 1. The molecule has 1 saturated heterocycles. The zero-order valence-corrected chi connectivity index (χ0v) is 14.1. The van der Waals surface area contributed by atoms with E-state index in [4.69, 9.17) is 4.74 Å². The summed E-state index contributed by atoms with van der Waals surface area (Å²) in [6, 6.07) is 0. The molecule has 0 aromatic carbocycles. The van der Waals surface area contributed by atoms with Crippen LogP contribution in [0.15, 0.2) is 11.6 Å². The van der Waals surface area contributed by atoms with Gasteiger partial charge in [-0.15, -0.1) is 0 Å². The number of rotatable bonds is 6. The summed E-state index contributed by atoms with van der Waals surface area (Å²) >= 11 is 0. The Morgan fingerprint density at radius 2 is 1.90 bits per heavy atom. The predicted molar refractivity (Wildman–Crippen MR) is 82.4 cm³/mol. The van der Waals surface area contributed by atoms with Crippen LogP contribution in [0.4, 0.5) is 0 Å². The maximum absolute atomic E-state index is 12.3. The SMILES string of the molecule is CC/C=C(/C)C(=O)NCCS(=O)(=O)N1C[C@@H](C)O[C@@H](C)C1. The van der Waals surface area contributed by atoms with Crippen LogP contribution in [0.25, 0.3) is 0 Å². The molecule has 1 rings (SSSR count). The van der Waals surface area contributed by atoms with E-state index in [0.717, 1.165) is 6.42 Å². The fourth-order valence-corrected chi connectivity index (χ4v) is 3.81. The van der Waals surface area contributed by atoms with E-state index in [1.54, 1.807) is 6.92 Å². The quantitative estimate of drug-likeness (QED) is 0.738. The summed E-state index contributed by atoms with van der Waals surface area (Å²) in [5, 5.41) is 2.64. The zero-order chi connectivity index (χ0) is 16.0. The fourth-order valence-electron chi connectivity index (χ4n) is 2.32. The lowest BCUT2D eigenvalue weighted by atomic mass is 10.2. The first kappa shape index (κ1) is 18.1. The summed E-state index contributed by atoms with van der Waals surface area (Å²) in [5.74, 6) is -0.298. The number of hydrogen-bond donors (Lipinski definition) is 1. The van der Waals surface area contributed by atoms with E-state index in [-0.39, 0.29) is 30.4 Å². The number of carbonyl (C=O) groups is 1. The second kappa shape index (κ2) is 7.91. The van der Waals surface area contributed by atoms with Gasteiger partial charge in [-0.3, -0.25) is 4.79 Å². The summed E-state index contributed by atoms with van der Waals surface area (Å²) in [4.78, 5) is 11.7. The minimum Gasteiger partial charge on any atom is -0.373 e. The highest BCUT2D eigenvalue weighted by Crippen LogP contribution is 2.14. The number of morpholine rings is 1. The van der Waals surface area contributed by atoms with Gasteiger partial charge in [0.05, 0.1) is 18.0 Å². The molecular formula is C14H26N2O4S. The summed E-state index contributed by atoms with van der Waals surface area (Å²) in [5.41, 5.74) is 0.614. The van der Waals surface area contributed by atoms with Crippen LogP contribution in [-0.2, 0) is 19.6 Å². The second-order valence-electron chi connectivity index (χ2n) is 5.44. The number of allylic oxidation sites excluding steroid dienone is 1. The number of nitrogens with zero attached hydrogens (tertiary/aromatic N) is 1. The zero-order valence-electron chi connectivity index (χ0n) is 13.3. The van der Waals surface area contributed by atoms with Gasteiger partial charge in [0.15, 0.2) is 0 Å². The lowest BCUT2D eigenvalue weighted by molar-refractivity contribution is -0.117. The highest BCUT2D eigenvalue weighted by molar-refractivity contribution is 7.89. The molecule has 0 aromatic rings. The van der Waals surface area contributed by atoms with Crippen LogP contribution < -0.4 is 5.32 Å². The lowest BCUT2D eigenvalue weighted by Gasteiger charge is -2.34. The summed E-state index contributed by atoms with van der Waals surface area (Å²) in [7, 11) is -3.36. The third kappa shape index (κ3) is 5.76. The van der Waals surface area contributed by atoms with Crippen molar-refractivity contribution < 1.29 is 17.9 Å². The monoisotopic (exact) mass is 318 g/mol. The molecule has 0 unspecified atom stereocenters. The highest BCUT2D eigenvalue weighted by Gasteiger charge is 2.30. The Bertz CT molecular complexity index is 477. The number of ether oxygens (including phenoxy) is 1. The van der Waals surface area contributed by atoms with Gasteiger partial charge in [-0.05, 0) is 27.2 Å². The van der Waals surface area contributed by atoms with Gasteiger partial charge in [0.25, 0.3) is 0 Å². The second-order valence-corrected chi connectivity index (χ2v) is 7.53. The van der Waals surface area contributed by atoms with Crippen molar-refractivity contribution in [1.82, 2.24) is 9.62 Å². The number of nitrogens with one attached hydrogen (secondary N) is 1. The van der Waals surface area contributed by atoms with Crippen molar-refractivity contribution in [2.45, 2.75) is 46.3 Å². The van der Waals surface area contributed by atoms with Crippen molar-refractivity contribution >= 4 is 15.9 Å². The molecule has 1 N–H and O–H groups in total. The molecule has 122 valence electrons. The Hall–Kier alpha value is -0.920. The van der Waals surface area contributed by atoms with Crippen LogP contribution in [0.5, 0.6) is 0 Å². The van der Waals surface area contributed by atoms with E-state index in [2.05, 4.69) is 5.32 Å². The molecule has 0 bridgehead atoms. The van der Waals surface area contributed by atoms with Crippen molar-refractivity contribution in [2.24, 2.45) is 0 Å². The molecule has 1 aliphatic heterocycles. The number of amides is 1. The smallest absolute Gasteiger partial charge is 0.246 e. The molecule has 6 nitrogen and oxygen atoms in total. The summed E-state index contributed by atoms with van der Waals surface area (Å²) in [6.45, 7) is 8.25. The van der Waals surface area contributed by atoms with Crippen LogP contribution >= 0.6 is 0 Å². The first-order valence-electron chi connectivity index (χ1n) is 7.34. The molecule has 0 saturated carbocycles. The summed E-state index contributed by atoms with van der Waals surface area (Å²) < 4.78 is 31.5. The van der Waals surface area contributed by atoms with Gasteiger partial charge in [0.2, 0.25) is 15.9 Å². The van der Waals surface area contributed by atoms with E-state index in [0.29, 0.717) is 18.7 Å². The Morgan fingerprint density at radius 1 is 1.33 bits per heavy atom. The number of hydrogen-bond acceptors (Lipinski definition) is 4. The fraction of sp³-hybridized carbons (Fsp3) is 0.786. The molecule has 2 atom stereocenters. The first-order chi connectivity index (χ1) is 9.76. The standard InChI is InChI=1S/C14H26N2O4S/c1-5-6-11(2)14(17)15-7-8-21(18,19)16-9-12(3)20-13(4)10-16/h6,12-13H,5,7-10H2,1-4H3,(H,15,17)/b11-6-/t12-,13+. The van der Waals surface area contributed by atoms with Crippen molar-refractivity contribution in [3.8, 4) is 0 Å². The Labute approximate surface area is 127 Å². The molecule has 0 spiro atoms. The minimum atomic E-state index is -3.36. The van der Waals surface area contributed by atoms with Gasteiger partial charge < -0.3 is 10.1 Å². The number of carbonyl (C=O) groups excluding carboxylic acids is 1. The van der Waals surface area contributed by atoms with E-state index in [1.807, 2.05) is 26.8 Å². The topological polar surface area (TPSA) is 75.7 Å². The van der Waals surface area contributed by atoms with Crippen LogP contribution in [-0.4, -0.2) is 56.2 Å². The van der Waals surface area contributed by atoms with E-state index in [9.17, 15) is 13.2 Å². The Morgan fingerprint density at radius 3 is 2.43 bits per heavy atom. The van der Waals surface area contributed by atoms with Gasteiger partial charge >= 0.3 is 0 Å². The van der Waals surface area contributed by atoms with Crippen LogP contribution in [0.1, 0.15) is 34.1 Å². The van der Waals surface area contributed by atoms with Crippen molar-refractivity contribution in [3.63, 3.8) is 0 Å². The van der Waals surface area contributed by atoms with Crippen molar-refractivity contribution in [2.75, 3.05) is 25.4 Å². The first-order valence-corrected chi connectivity index (χ1v) is 8.95. The van der Waals surface area contributed by atoms with E-state index in [1.165, 1.54) is 4.31 Å². The normalized spacial score (nSPS) is 24.9. The van der Waals surface area contributed by atoms with Gasteiger partial charge in [-0.25, -0.2) is 8.42 Å². The molecule has 21 heavy (non-hydrogen) atoms. The molecule has 7 heteroatoms.